The molecule has 4 rings (SSSR count). The summed E-state index contributed by atoms with van der Waals surface area (Å²) < 4.78 is 10.8. The zero-order chi connectivity index (χ0) is 20.5. The van der Waals surface area contributed by atoms with Crippen LogP contribution in [0.3, 0.4) is 0 Å². The van der Waals surface area contributed by atoms with E-state index >= 15 is 0 Å². The topological polar surface area (TPSA) is 55.8 Å². The van der Waals surface area contributed by atoms with E-state index in [0.717, 1.165) is 55.6 Å². The molecule has 0 aliphatic heterocycles. The minimum absolute atomic E-state index is 0.0684. The summed E-state index contributed by atoms with van der Waals surface area (Å²) >= 11 is 0. The standard InChI is InChI=1S/C25H30O4/c1-24(17-18-15-22(18)23(26)28-2)11-13-25(27,14-12-24)19-7-6-10-21(16-19)29-20-8-4-3-5-9-20/h3-10,16,18,22,27H,11-15,17H2,1-2H3. The highest BCUT2D eigenvalue weighted by Gasteiger charge is 2.49. The largest absolute Gasteiger partial charge is 0.469 e. The number of hydrogen-bond donors (Lipinski definition) is 1. The molecule has 4 heteroatoms. The van der Waals surface area contributed by atoms with E-state index in [9.17, 15) is 9.90 Å². The Balaban J connectivity index is 1.39. The number of benzene rings is 2. The second-order valence-corrected chi connectivity index (χ2v) is 9.11. The maximum Gasteiger partial charge on any atom is 0.308 e. The second-order valence-electron chi connectivity index (χ2n) is 9.11. The molecule has 2 aromatic rings. The third-order valence-electron chi connectivity index (χ3n) is 6.82. The predicted octanol–water partition coefficient (Wildman–Crippen LogP) is 5.45. The highest BCUT2D eigenvalue weighted by Crippen LogP contribution is 2.54. The lowest BCUT2D eigenvalue weighted by molar-refractivity contribution is -0.142. The van der Waals surface area contributed by atoms with Gasteiger partial charge in [-0.3, -0.25) is 4.79 Å². The highest BCUT2D eigenvalue weighted by molar-refractivity contribution is 5.75. The van der Waals surface area contributed by atoms with Gasteiger partial charge in [-0.25, -0.2) is 0 Å². The van der Waals surface area contributed by atoms with Crippen molar-refractivity contribution in [3.05, 3.63) is 60.2 Å². The molecule has 2 atom stereocenters. The summed E-state index contributed by atoms with van der Waals surface area (Å²) in [5.41, 5.74) is 0.283. The quantitative estimate of drug-likeness (QED) is 0.662. The molecule has 1 N–H and O–H groups in total. The van der Waals surface area contributed by atoms with Crippen LogP contribution in [0.1, 0.15) is 51.0 Å². The van der Waals surface area contributed by atoms with Crippen molar-refractivity contribution in [3.8, 4) is 11.5 Å². The average molecular weight is 395 g/mol. The molecule has 2 fully saturated rings. The van der Waals surface area contributed by atoms with Crippen LogP contribution in [0, 0.1) is 17.3 Å². The first-order chi connectivity index (χ1) is 13.9. The maximum atomic E-state index is 11.7. The van der Waals surface area contributed by atoms with Crippen LogP contribution < -0.4 is 4.74 Å². The molecule has 29 heavy (non-hydrogen) atoms. The summed E-state index contributed by atoms with van der Waals surface area (Å²) in [6, 6.07) is 17.5. The minimum atomic E-state index is -0.819. The summed E-state index contributed by atoms with van der Waals surface area (Å²) in [6.45, 7) is 2.30. The van der Waals surface area contributed by atoms with Crippen LogP contribution in [-0.2, 0) is 15.1 Å². The van der Waals surface area contributed by atoms with E-state index in [1.54, 1.807) is 0 Å². The summed E-state index contributed by atoms with van der Waals surface area (Å²) in [5.74, 6) is 2.00. The molecule has 2 saturated carbocycles. The Labute approximate surface area is 172 Å². The van der Waals surface area contributed by atoms with Crippen molar-refractivity contribution in [2.24, 2.45) is 17.3 Å². The molecule has 0 heterocycles. The fourth-order valence-electron chi connectivity index (χ4n) is 4.78. The van der Waals surface area contributed by atoms with Gasteiger partial charge in [-0.05, 0) is 79.7 Å². The van der Waals surface area contributed by atoms with E-state index in [1.165, 1.54) is 7.11 Å². The van der Waals surface area contributed by atoms with Crippen LogP contribution in [-0.4, -0.2) is 18.2 Å². The number of methoxy groups -OCH3 is 1. The molecule has 0 spiro atoms. The van der Waals surface area contributed by atoms with Crippen molar-refractivity contribution in [2.45, 2.75) is 51.0 Å². The first-order valence-electron chi connectivity index (χ1n) is 10.5. The van der Waals surface area contributed by atoms with Crippen LogP contribution >= 0.6 is 0 Å². The summed E-state index contributed by atoms with van der Waals surface area (Å²) in [4.78, 5) is 11.7. The third-order valence-corrected chi connectivity index (χ3v) is 6.82. The number of carbonyl (C=O) groups excluding carboxylic acids is 1. The van der Waals surface area contributed by atoms with Crippen LogP contribution in [0.4, 0.5) is 0 Å². The van der Waals surface area contributed by atoms with Gasteiger partial charge in [0.2, 0.25) is 0 Å². The molecule has 0 saturated heterocycles. The lowest BCUT2D eigenvalue weighted by Crippen LogP contribution is -2.36. The molecule has 2 aliphatic rings. The SMILES string of the molecule is COC(=O)C1CC1CC1(C)CCC(O)(c2cccc(Oc3ccccc3)c2)CC1. The monoisotopic (exact) mass is 394 g/mol. The van der Waals surface area contributed by atoms with E-state index in [-0.39, 0.29) is 17.3 Å². The Hall–Kier alpha value is -2.33. The molecule has 154 valence electrons. The normalized spacial score (nSPS) is 31.1. The van der Waals surface area contributed by atoms with Gasteiger partial charge >= 0.3 is 5.97 Å². The van der Waals surface area contributed by atoms with E-state index in [2.05, 4.69) is 6.92 Å². The number of aliphatic hydroxyl groups is 1. The summed E-state index contributed by atoms with van der Waals surface area (Å²) in [5, 5.41) is 11.4. The molecule has 0 aromatic heterocycles. The second kappa shape index (κ2) is 7.83. The highest BCUT2D eigenvalue weighted by atomic mass is 16.5. The molecular weight excluding hydrogens is 364 g/mol. The van der Waals surface area contributed by atoms with Gasteiger partial charge in [-0.2, -0.15) is 0 Å². The van der Waals surface area contributed by atoms with Crippen LogP contribution in [0.2, 0.25) is 0 Å². The fourth-order valence-corrected chi connectivity index (χ4v) is 4.78. The van der Waals surface area contributed by atoms with Gasteiger partial charge < -0.3 is 14.6 Å². The summed E-state index contributed by atoms with van der Waals surface area (Å²) in [6.07, 6.45) is 5.36. The number of rotatable bonds is 6. The number of hydrogen-bond acceptors (Lipinski definition) is 4. The van der Waals surface area contributed by atoms with Crippen LogP contribution in [0.25, 0.3) is 0 Å². The summed E-state index contributed by atoms with van der Waals surface area (Å²) in [7, 11) is 1.47. The molecule has 0 radical (unpaired) electrons. The van der Waals surface area contributed by atoms with Gasteiger partial charge in [0.05, 0.1) is 18.6 Å². The molecule has 2 aliphatic carbocycles. The Morgan fingerprint density at radius 1 is 1.03 bits per heavy atom. The van der Waals surface area contributed by atoms with Crippen molar-refractivity contribution in [1.82, 2.24) is 0 Å². The van der Waals surface area contributed by atoms with Gasteiger partial charge in [0.15, 0.2) is 0 Å². The predicted molar refractivity (Wildman–Crippen MR) is 112 cm³/mol. The lowest BCUT2D eigenvalue weighted by atomic mass is 9.65. The smallest absolute Gasteiger partial charge is 0.308 e. The zero-order valence-electron chi connectivity index (χ0n) is 17.3. The molecule has 2 unspecified atom stereocenters. The van der Waals surface area contributed by atoms with Gasteiger partial charge in [-0.1, -0.05) is 37.3 Å². The lowest BCUT2D eigenvalue weighted by Gasteiger charge is -2.43. The van der Waals surface area contributed by atoms with Gasteiger partial charge in [0, 0.05) is 0 Å². The van der Waals surface area contributed by atoms with Gasteiger partial charge in [0.1, 0.15) is 11.5 Å². The number of ether oxygens (including phenoxy) is 2. The van der Waals surface area contributed by atoms with E-state index in [0.29, 0.717) is 5.92 Å². The molecule has 0 bridgehead atoms. The average Bonchev–Trinajstić information content (AvgIpc) is 3.50. The van der Waals surface area contributed by atoms with E-state index in [4.69, 9.17) is 9.47 Å². The van der Waals surface area contributed by atoms with Crippen molar-refractivity contribution in [1.29, 1.82) is 0 Å². The van der Waals surface area contributed by atoms with Crippen molar-refractivity contribution < 1.29 is 19.4 Å². The Morgan fingerprint density at radius 2 is 1.72 bits per heavy atom. The Kier molecular flexibility index (Phi) is 5.39. The van der Waals surface area contributed by atoms with Crippen molar-refractivity contribution >= 4 is 5.97 Å². The number of para-hydroxylation sites is 1. The minimum Gasteiger partial charge on any atom is -0.469 e. The first-order valence-corrected chi connectivity index (χ1v) is 10.5. The van der Waals surface area contributed by atoms with E-state index in [1.807, 2.05) is 54.6 Å². The van der Waals surface area contributed by atoms with Gasteiger partial charge in [-0.15, -0.1) is 0 Å². The zero-order valence-corrected chi connectivity index (χ0v) is 17.3. The maximum absolute atomic E-state index is 11.7. The van der Waals surface area contributed by atoms with Gasteiger partial charge in [0.25, 0.3) is 0 Å². The van der Waals surface area contributed by atoms with E-state index < -0.39 is 5.60 Å². The molecular formula is C25H30O4. The first kappa shape index (κ1) is 20.0. The Bertz CT molecular complexity index is 852. The molecule has 4 nitrogen and oxygen atoms in total. The van der Waals surface area contributed by atoms with Crippen molar-refractivity contribution in [2.75, 3.05) is 7.11 Å². The van der Waals surface area contributed by atoms with Crippen LogP contribution in [0.5, 0.6) is 11.5 Å². The van der Waals surface area contributed by atoms with Crippen molar-refractivity contribution in [3.63, 3.8) is 0 Å². The number of esters is 1. The number of carbonyl (C=O) groups is 1. The molecule has 2 aromatic carbocycles. The molecule has 0 amide bonds. The fraction of sp³-hybridized carbons (Fsp3) is 0.480. The third kappa shape index (κ3) is 4.48. The van der Waals surface area contributed by atoms with Crippen LogP contribution in [0.15, 0.2) is 54.6 Å². The Morgan fingerprint density at radius 3 is 2.41 bits per heavy atom.